The van der Waals surface area contributed by atoms with E-state index in [1.54, 1.807) is 7.11 Å². The number of ether oxygens (including phenoxy) is 5. The van der Waals surface area contributed by atoms with Crippen molar-refractivity contribution in [1.29, 1.82) is 0 Å². The van der Waals surface area contributed by atoms with E-state index in [1.807, 2.05) is 20.8 Å². The van der Waals surface area contributed by atoms with Crippen molar-refractivity contribution in [1.82, 2.24) is 5.32 Å². The average molecular weight is 402 g/mol. The summed E-state index contributed by atoms with van der Waals surface area (Å²) < 4.78 is 28.9. The van der Waals surface area contributed by atoms with Gasteiger partial charge in [0.15, 0.2) is 12.1 Å². The Morgan fingerprint density at radius 2 is 1.89 bits per heavy atom. The first kappa shape index (κ1) is 23.5. The molecule has 0 aromatic heterocycles. The second-order valence-corrected chi connectivity index (χ2v) is 8.78. The van der Waals surface area contributed by atoms with Crippen LogP contribution in [0.3, 0.4) is 0 Å². The first-order valence-corrected chi connectivity index (χ1v) is 10.6. The second-order valence-electron chi connectivity index (χ2n) is 8.78. The molecule has 2 saturated heterocycles. The molecule has 0 aliphatic carbocycles. The molecule has 0 radical (unpaired) electrons. The van der Waals surface area contributed by atoms with Crippen LogP contribution in [0.2, 0.25) is 0 Å². The fourth-order valence-corrected chi connectivity index (χ4v) is 4.05. The number of hydrogen-bond acceptors (Lipinski definition) is 7. The van der Waals surface area contributed by atoms with Gasteiger partial charge < -0.3 is 29.0 Å². The number of rotatable bonds is 11. The molecule has 28 heavy (non-hydrogen) atoms. The first-order valence-electron chi connectivity index (χ1n) is 10.6. The quantitative estimate of drug-likeness (QED) is 0.533. The van der Waals surface area contributed by atoms with E-state index in [-0.39, 0.29) is 42.8 Å². The summed E-state index contributed by atoms with van der Waals surface area (Å²) in [5.41, 5.74) is 0. The molecule has 0 aromatic rings. The summed E-state index contributed by atoms with van der Waals surface area (Å²) in [5.74, 6) is -0.256. The molecule has 0 aromatic carbocycles. The number of nitrogens with one attached hydrogen (secondary N) is 1. The number of fused-ring (bicyclic) bond motifs is 1. The summed E-state index contributed by atoms with van der Waals surface area (Å²) in [4.78, 5) is 12.2. The summed E-state index contributed by atoms with van der Waals surface area (Å²) >= 11 is 0. The molecule has 6 atom stereocenters. The first-order chi connectivity index (χ1) is 13.2. The van der Waals surface area contributed by atoms with Crippen LogP contribution in [0.4, 0.5) is 0 Å². The van der Waals surface area contributed by atoms with Crippen molar-refractivity contribution in [3.8, 4) is 0 Å². The van der Waals surface area contributed by atoms with Crippen molar-refractivity contribution in [3.05, 3.63) is 0 Å². The maximum Gasteiger partial charge on any atom is 0.307 e. The van der Waals surface area contributed by atoms with Crippen molar-refractivity contribution in [2.24, 2.45) is 5.92 Å². The van der Waals surface area contributed by atoms with Crippen LogP contribution in [0.25, 0.3) is 0 Å². The van der Waals surface area contributed by atoms with E-state index in [0.717, 1.165) is 12.8 Å². The van der Waals surface area contributed by atoms with Crippen molar-refractivity contribution >= 4 is 5.97 Å². The highest BCUT2D eigenvalue weighted by Gasteiger charge is 2.57. The third kappa shape index (κ3) is 6.39. The Kier molecular flexibility index (Phi) is 8.70. The van der Waals surface area contributed by atoms with Crippen LogP contribution in [0.1, 0.15) is 67.2 Å². The number of carbonyl (C=O) groups excluding carboxylic acids is 1. The molecule has 2 aliphatic rings. The average Bonchev–Trinajstić information content (AvgIpc) is 3.05. The molecule has 7 heteroatoms. The number of esters is 1. The molecule has 2 aliphatic heterocycles. The Balaban J connectivity index is 2.05. The van der Waals surface area contributed by atoms with E-state index < -0.39 is 12.1 Å². The maximum atomic E-state index is 12.2. The monoisotopic (exact) mass is 401 g/mol. The zero-order valence-corrected chi connectivity index (χ0v) is 18.5. The van der Waals surface area contributed by atoms with Crippen LogP contribution in [0, 0.1) is 5.92 Å². The fourth-order valence-electron chi connectivity index (χ4n) is 4.05. The van der Waals surface area contributed by atoms with Gasteiger partial charge in [-0.1, -0.05) is 26.7 Å². The van der Waals surface area contributed by atoms with Gasteiger partial charge in [0.2, 0.25) is 0 Å². The third-order valence-corrected chi connectivity index (χ3v) is 5.30. The summed E-state index contributed by atoms with van der Waals surface area (Å²) in [7, 11) is 1.64. The smallest absolute Gasteiger partial charge is 0.307 e. The van der Waals surface area contributed by atoms with Gasteiger partial charge in [-0.15, -0.1) is 0 Å². The predicted octanol–water partition coefficient (Wildman–Crippen LogP) is 3.00. The van der Waals surface area contributed by atoms with Crippen LogP contribution >= 0.6 is 0 Å². The number of carbonyl (C=O) groups is 1. The topological polar surface area (TPSA) is 75.3 Å². The van der Waals surface area contributed by atoms with Gasteiger partial charge in [-0.05, 0) is 40.0 Å². The maximum absolute atomic E-state index is 12.2. The largest absolute Gasteiger partial charge is 0.466 e. The standard InChI is InChI=1S/C21H39NO6/c1-8-25-16(23)12-15(22-14(4)11-9-10-13(2)3)17-18(24-7)19-20(26-17)28-21(5,6)27-19/h13-15,17-20,22H,8-12H2,1-7H3/t14?,15-,17+,18-,19+,20+/m0/s1. The molecule has 0 bridgehead atoms. The lowest BCUT2D eigenvalue weighted by Gasteiger charge is -2.32. The highest BCUT2D eigenvalue weighted by atomic mass is 16.8. The van der Waals surface area contributed by atoms with E-state index in [4.69, 9.17) is 23.7 Å². The molecule has 0 saturated carbocycles. The van der Waals surface area contributed by atoms with Gasteiger partial charge in [0, 0.05) is 19.2 Å². The lowest BCUT2D eigenvalue weighted by molar-refractivity contribution is -0.220. The van der Waals surface area contributed by atoms with Gasteiger partial charge in [0.1, 0.15) is 18.3 Å². The van der Waals surface area contributed by atoms with Crippen molar-refractivity contribution in [3.63, 3.8) is 0 Å². The predicted molar refractivity (Wildman–Crippen MR) is 106 cm³/mol. The Labute approximate surface area is 169 Å². The van der Waals surface area contributed by atoms with Gasteiger partial charge in [-0.25, -0.2) is 0 Å². The zero-order chi connectivity index (χ0) is 20.9. The minimum absolute atomic E-state index is 0.218. The summed E-state index contributed by atoms with van der Waals surface area (Å²) in [6.45, 7) is 12.5. The molecular weight excluding hydrogens is 362 g/mol. The summed E-state index contributed by atoms with van der Waals surface area (Å²) in [6, 6.07) is 0.0111. The van der Waals surface area contributed by atoms with Gasteiger partial charge >= 0.3 is 5.97 Å². The van der Waals surface area contributed by atoms with Gasteiger partial charge in [-0.3, -0.25) is 4.79 Å². The molecule has 164 valence electrons. The number of methoxy groups -OCH3 is 1. The molecule has 7 nitrogen and oxygen atoms in total. The van der Waals surface area contributed by atoms with Gasteiger partial charge in [0.25, 0.3) is 0 Å². The molecule has 1 N–H and O–H groups in total. The Bertz CT molecular complexity index is 497. The minimum Gasteiger partial charge on any atom is -0.466 e. The third-order valence-electron chi connectivity index (χ3n) is 5.30. The summed E-state index contributed by atoms with van der Waals surface area (Å²) in [5, 5.41) is 3.58. The van der Waals surface area contributed by atoms with E-state index in [2.05, 4.69) is 26.1 Å². The van der Waals surface area contributed by atoms with E-state index >= 15 is 0 Å². The SMILES string of the molecule is CCOC(=O)C[C@H](NC(C)CCCC(C)C)[C@H]1O[C@@H]2OC(C)(C)O[C@@H]2[C@H]1OC. The lowest BCUT2D eigenvalue weighted by atomic mass is 9.98. The van der Waals surface area contributed by atoms with Gasteiger partial charge in [0.05, 0.1) is 13.0 Å². The molecule has 2 fully saturated rings. The van der Waals surface area contributed by atoms with Crippen LogP contribution in [-0.2, 0) is 28.5 Å². The highest BCUT2D eigenvalue weighted by molar-refractivity contribution is 5.70. The lowest BCUT2D eigenvalue weighted by Crippen LogP contribution is -2.51. The van der Waals surface area contributed by atoms with E-state index in [0.29, 0.717) is 12.5 Å². The van der Waals surface area contributed by atoms with Crippen molar-refractivity contribution < 1.29 is 28.5 Å². The molecular formula is C21H39NO6. The molecule has 1 unspecified atom stereocenters. The Hall–Kier alpha value is -0.730. The second kappa shape index (κ2) is 10.3. The molecule has 0 spiro atoms. The Morgan fingerprint density at radius 3 is 2.50 bits per heavy atom. The normalized spacial score (nSPS) is 31.0. The molecule has 2 heterocycles. The summed E-state index contributed by atoms with van der Waals surface area (Å²) in [6.07, 6.45) is 2.11. The van der Waals surface area contributed by atoms with Crippen LogP contribution in [-0.4, -0.2) is 62.2 Å². The van der Waals surface area contributed by atoms with Crippen molar-refractivity contribution in [2.75, 3.05) is 13.7 Å². The minimum atomic E-state index is -0.703. The Morgan fingerprint density at radius 1 is 1.18 bits per heavy atom. The fraction of sp³-hybridized carbons (Fsp3) is 0.952. The van der Waals surface area contributed by atoms with Crippen LogP contribution in [0.5, 0.6) is 0 Å². The van der Waals surface area contributed by atoms with Crippen LogP contribution < -0.4 is 5.32 Å². The zero-order valence-electron chi connectivity index (χ0n) is 18.5. The number of hydrogen-bond donors (Lipinski definition) is 1. The van der Waals surface area contributed by atoms with Crippen molar-refractivity contribution in [2.45, 2.75) is 110 Å². The molecule has 0 amide bonds. The molecule has 2 rings (SSSR count). The van der Waals surface area contributed by atoms with Gasteiger partial charge in [-0.2, -0.15) is 0 Å². The van der Waals surface area contributed by atoms with Crippen LogP contribution in [0.15, 0.2) is 0 Å². The van der Waals surface area contributed by atoms with E-state index in [9.17, 15) is 4.79 Å². The highest BCUT2D eigenvalue weighted by Crippen LogP contribution is 2.40. The van der Waals surface area contributed by atoms with E-state index in [1.165, 1.54) is 6.42 Å².